The molecule has 3 rings (SSSR count). The Balaban J connectivity index is 2.23. The summed E-state index contributed by atoms with van der Waals surface area (Å²) in [5.41, 5.74) is 7.54. The first kappa shape index (κ1) is 11.0. The van der Waals surface area contributed by atoms with E-state index in [2.05, 4.69) is 21.5 Å². The van der Waals surface area contributed by atoms with Crippen molar-refractivity contribution in [3.8, 4) is 0 Å². The molecule has 2 heterocycles. The molecule has 90 valence electrons. The molecule has 1 aliphatic rings. The lowest BCUT2D eigenvalue weighted by molar-refractivity contribution is 0.544. The van der Waals surface area contributed by atoms with E-state index in [-0.39, 0.29) is 6.04 Å². The van der Waals surface area contributed by atoms with Crippen LogP contribution in [-0.4, -0.2) is 21.1 Å². The molecule has 0 aromatic carbocycles. The molecule has 1 unspecified atom stereocenters. The van der Waals surface area contributed by atoms with Crippen molar-refractivity contribution in [1.82, 2.24) is 14.5 Å². The second kappa shape index (κ2) is 3.96. The lowest BCUT2D eigenvalue weighted by atomic mass is 10.3. The highest BCUT2D eigenvalue weighted by Gasteiger charge is 2.31. The summed E-state index contributed by atoms with van der Waals surface area (Å²) in [7, 11) is 0. The van der Waals surface area contributed by atoms with Crippen LogP contribution in [0, 0.1) is 0 Å². The topological polar surface area (TPSA) is 56.7 Å². The molecule has 0 aliphatic heterocycles. The fourth-order valence-corrected chi connectivity index (χ4v) is 2.30. The van der Waals surface area contributed by atoms with Crippen molar-refractivity contribution in [3.05, 3.63) is 23.1 Å². The number of fused-ring (bicyclic) bond motifs is 1. The molecular weight excluding hydrogens is 236 g/mol. The molecule has 5 heteroatoms. The van der Waals surface area contributed by atoms with Crippen molar-refractivity contribution in [2.45, 2.75) is 31.7 Å². The molecular formula is C12H15ClN4. The number of pyridine rings is 1. The maximum atomic E-state index is 5.95. The fraction of sp³-hybridized carbons (Fsp3) is 0.500. The van der Waals surface area contributed by atoms with Crippen LogP contribution in [0.3, 0.4) is 0 Å². The molecule has 4 nitrogen and oxygen atoms in total. The third kappa shape index (κ3) is 1.81. The third-order valence-electron chi connectivity index (χ3n) is 3.25. The average Bonchev–Trinajstić information content (AvgIpc) is 3.09. The van der Waals surface area contributed by atoms with Crippen molar-refractivity contribution in [3.63, 3.8) is 0 Å². The van der Waals surface area contributed by atoms with Crippen LogP contribution in [0.4, 0.5) is 0 Å². The minimum absolute atomic E-state index is 0.226. The van der Waals surface area contributed by atoms with E-state index >= 15 is 0 Å². The van der Waals surface area contributed by atoms with Gasteiger partial charge in [-0.1, -0.05) is 11.6 Å². The van der Waals surface area contributed by atoms with E-state index in [1.807, 2.05) is 6.07 Å². The monoisotopic (exact) mass is 250 g/mol. The zero-order valence-electron chi connectivity index (χ0n) is 9.73. The normalized spacial score (nSPS) is 17.6. The van der Waals surface area contributed by atoms with Crippen molar-refractivity contribution >= 4 is 22.8 Å². The van der Waals surface area contributed by atoms with Crippen LogP contribution in [0.2, 0.25) is 5.02 Å². The fourth-order valence-electron chi connectivity index (χ4n) is 2.14. The third-order valence-corrected chi connectivity index (χ3v) is 3.45. The van der Waals surface area contributed by atoms with Crippen molar-refractivity contribution in [2.24, 2.45) is 5.73 Å². The highest BCUT2D eigenvalue weighted by atomic mass is 35.5. The SMILES string of the molecule is CC(CN)n1c(C2CC2)nc2cc(Cl)cnc21. The number of nitrogens with two attached hydrogens (primary N) is 1. The predicted octanol–water partition coefficient (Wildman–Crippen LogP) is 2.48. The van der Waals surface area contributed by atoms with Crippen LogP contribution in [0.25, 0.3) is 11.2 Å². The summed E-state index contributed by atoms with van der Waals surface area (Å²) in [5, 5.41) is 0.630. The first-order chi connectivity index (χ1) is 8.20. The minimum atomic E-state index is 0.226. The van der Waals surface area contributed by atoms with Gasteiger partial charge in [-0.25, -0.2) is 9.97 Å². The first-order valence-corrected chi connectivity index (χ1v) is 6.32. The van der Waals surface area contributed by atoms with Gasteiger partial charge in [0.1, 0.15) is 11.3 Å². The second-order valence-corrected chi connectivity index (χ2v) is 5.13. The summed E-state index contributed by atoms with van der Waals surface area (Å²) in [6, 6.07) is 2.10. The van der Waals surface area contributed by atoms with Crippen LogP contribution < -0.4 is 5.73 Å². The average molecular weight is 251 g/mol. The van der Waals surface area contributed by atoms with Gasteiger partial charge in [0, 0.05) is 24.7 Å². The van der Waals surface area contributed by atoms with Crippen molar-refractivity contribution < 1.29 is 0 Å². The Morgan fingerprint density at radius 3 is 3.00 bits per heavy atom. The zero-order valence-corrected chi connectivity index (χ0v) is 10.5. The Morgan fingerprint density at radius 2 is 2.35 bits per heavy atom. The standard InChI is InChI=1S/C12H15ClN4/c1-7(5-14)17-11(8-2-3-8)16-10-4-9(13)6-15-12(10)17/h4,6-8H,2-3,5,14H2,1H3. The van der Waals surface area contributed by atoms with E-state index in [1.54, 1.807) is 6.20 Å². The summed E-state index contributed by atoms with van der Waals surface area (Å²) in [4.78, 5) is 9.06. The molecule has 0 bridgehead atoms. The van der Waals surface area contributed by atoms with E-state index in [9.17, 15) is 0 Å². The number of hydrogen-bond acceptors (Lipinski definition) is 3. The van der Waals surface area contributed by atoms with Crippen molar-refractivity contribution in [2.75, 3.05) is 6.54 Å². The Bertz CT molecular complexity index is 559. The second-order valence-electron chi connectivity index (χ2n) is 4.70. The first-order valence-electron chi connectivity index (χ1n) is 5.94. The van der Waals surface area contributed by atoms with Gasteiger partial charge < -0.3 is 10.3 Å². The number of hydrogen-bond donors (Lipinski definition) is 1. The van der Waals surface area contributed by atoms with Gasteiger partial charge in [-0.2, -0.15) is 0 Å². The Labute approximate surface area is 105 Å². The molecule has 1 saturated carbocycles. The number of aromatic nitrogens is 3. The molecule has 1 fully saturated rings. The van der Waals surface area contributed by atoms with Gasteiger partial charge in [-0.05, 0) is 25.8 Å². The van der Waals surface area contributed by atoms with Gasteiger partial charge in [-0.3, -0.25) is 0 Å². The van der Waals surface area contributed by atoms with Gasteiger partial charge in [0.05, 0.1) is 5.02 Å². The van der Waals surface area contributed by atoms with Crippen LogP contribution >= 0.6 is 11.6 Å². The Morgan fingerprint density at radius 1 is 1.59 bits per heavy atom. The maximum Gasteiger partial charge on any atom is 0.160 e. The molecule has 0 radical (unpaired) electrons. The summed E-state index contributed by atoms with van der Waals surface area (Å²) in [6.45, 7) is 2.69. The van der Waals surface area contributed by atoms with Gasteiger partial charge in [0.15, 0.2) is 5.65 Å². The van der Waals surface area contributed by atoms with Gasteiger partial charge >= 0.3 is 0 Å². The van der Waals surface area contributed by atoms with Crippen LogP contribution in [0.15, 0.2) is 12.3 Å². The molecule has 17 heavy (non-hydrogen) atoms. The molecule has 0 saturated heterocycles. The Kier molecular flexibility index (Phi) is 2.56. The molecule has 1 aliphatic carbocycles. The van der Waals surface area contributed by atoms with Gasteiger partial charge in [0.25, 0.3) is 0 Å². The molecule has 2 aromatic heterocycles. The number of nitrogens with zero attached hydrogens (tertiary/aromatic N) is 3. The van der Waals surface area contributed by atoms with E-state index in [0.717, 1.165) is 17.0 Å². The predicted molar refractivity (Wildman–Crippen MR) is 68.3 cm³/mol. The molecule has 2 N–H and O–H groups in total. The summed E-state index contributed by atoms with van der Waals surface area (Å²) in [5.74, 6) is 1.70. The number of imidazole rings is 1. The van der Waals surface area contributed by atoms with Gasteiger partial charge in [-0.15, -0.1) is 0 Å². The highest BCUT2D eigenvalue weighted by Crippen LogP contribution is 2.41. The number of rotatable bonds is 3. The van der Waals surface area contributed by atoms with E-state index in [0.29, 0.717) is 17.5 Å². The maximum absolute atomic E-state index is 5.95. The zero-order chi connectivity index (χ0) is 12.0. The quantitative estimate of drug-likeness (QED) is 0.911. The van der Waals surface area contributed by atoms with E-state index in [4.69, 9.17) is 17.3 Å². The molecule has 0 amide bonds. The van der Waals surface area contributed by atoms with Crippen LogP contribution in [0.5, 0.6) is 0 Å². The smallest absolute Gasteiger partial charge is 0.160 e. The van der Waals surface area contributed by atoms with Gasteiger partial charge in [0.2, 0.25) is 0 Å². The lowest BCUT2D eigenvalue weighted by Crippen LogP contribution is -2.18. The van der Waals surface area contributed by atoms with Crippen LogP contribution in [0.1, 0.15) is 37.5 Å². The van der Waals surface area contributed by atoms with E-state index in [1.165, 1.54) is 12.8 Å². The summed E-state index contributed by atoms with van der Waals surface area (Å²) in [6.07, 6.45) is 4.10. The Hall–Kier alpha value is -1.13. The summed E-state index contributed by atoms with van der Waals surface area (Å²) < 4.78 is 2.17. The molecule has 1 atom stereocenters. The summed E-state index contributed by atoms with van der Waals surface area (Å²) >= 11 is 5.95. The van der Waals surface area contributed by atoms with E-state index < -0.39 is 0 Å². The highest BCUT2D eigenvalue weighted by molar-refractivity contribution is 6.31. The largest absolute Gasteiger partial charge is 0.328 e. The lowest BCUT2D eigenvalue weighted by Gasteiger charge is -2.14. The molecule has 0 spiro atoms. The minimum Gasteiger partial charge on any atom is -0.328 e. The number of halogens is 1. The van der Waals surface area contributed by atoms with Crippen LogP contribution in [-0.2, 0) is 0 Å². The molecule has 2 aromatic rings. The van der Waals surface area contributed by atoms with Crippen molar-refractivity contribution in [1.29, 1.82) is 0 Å².